The molecule has 1 heterocycles. The van der Waals surface area contributed by atoms with E-state index < -0.39 is 5.91 Å². The molecule has 0 aliphatic heterocycles. The third-order valence-corrected chi connectivity index (χ3v) is 3.08. The Hall–Kier alpha value is -1.44. The standard InChI is InChI=1S/C11H10BrClN4O2/c12-7-1-2-10(8(13)5-7)17-6-9(15-16-17)11(19)14-3-4-18/h1-2,5-6,18H,3-4H2,(H,14,19). The molecule has 0 aliphatic carbocycles. The third-order valence-electron chi connectivity index (χ3n) is 2.28. The Labute approximate surface area is 122 Å². The zero-order chi connectivity index (χ0) is 13.8. The maximum atomic E-state index is 11.6. The average molecular weight is 346 g/mol. The Morgan fingerprint density at radius 3 is 3.00 bits per heavy atom. The number of carbonyl (C=O) groups is 1. The molecule has 6 nitrogen and oxygen atoms in total. The van der Waals surface area contributed by atoms with E-state index in [0.29, 0.717) is 10.7 Å². The number of nitrogens with zero attached hydrogens (tertiary/aromatic N) is 3. The van der Waals surface area contributed by atoms with Crippen LogP contribution in [0.1, 0.15) is 10.5 Å². The molecule has 0 saturated heterocycles. The zero-order valence-corrected chi connectivity index (χ0v) is 12.0. The van der Waals surface area contributed by atoms with Crippen LogP contribution in [-0.2, 0) is 0 Å². The van der Waals surface area contributed by atoms with Crippen LogP contribution in [0.3, 0.4) is 0 Å². The lowest BCUT2D eigenvalue weighted by atomic mass is 10.3. The molecule has 0 aliphatic rings. The lowest BCUT2D eigenvalue weighted by molar-refractivity contribution is 0.0939. The first kappa shape index (κ1) is 14.0. The van der Waals surface area contributed by atoms with E-state index in [0.717, 1.165) is 4.47 Å². The van der Waals surface area contributed by atoms with Crippen molar-refractivity contribution in [3.8, 4) is 5.69 Å². The van der Waals surface area contributed by atoms with Gasteiger partial charge in [-0.05, 0) is 18.2 Å². The number of hydrogen-bond donors (Lipinski definition) is 2. The number of aliphatic hydroxyl groups excluding tert-OH is 1. The molecule has 2 aromatic rings. The smallest absolute Gasteiger partial charge is 0.273 e. The predicted molar refractivity (Wildman–Crippen MR) is 73.5 cm³/mol. The predicted octanol–water partition coefficient (Wildman–Crippen LogP) is 1.41. The number of carbonyl (C=O) groups excluding carboxylic acids is 1. The zero-order valence-electron chi connectivity index (χ0n) is 9.68. The maximum Gasteiger partial charge on any atom is 0.273 e. The van der Waals surface area contributed by atoms with Crippen molar-refractivity contribution in [3.05, 3.63) is 39.6 Å². The molecule has 1 aromatic carbocycles. The molecule has 0 fully saturated rings. The fourth-order valence-corrected chi connectivity index (χ4v) is 2.17. The highest BCUT2D eigenvalue weighted by atomic mass is 79.9. The number of halogens is 2. The van der Waals surface area contributed by atoms with Crippen LogP contribution in [-0.4, -0.2) is 39.2 Å². The number of nitrogens with one attached hydrogen (secondary N) is 1. The molecule has 0 unspecified atom stereocenters. The van der Waals surface area contributed by atoms with E-state index in [1.54, 1.807) is 12.1 Å². The van der Waals surface area contributed by atoms with Crippen LogP contribution in [0.25, 0.3) is 5.69 Å². The number of aliphatic hydroxyl groups is 1. The second-order valence-electron chi connectivity index (χ2n) is 3.62. The fourth-order valence-electron chi connectivity index (χ4n) is 1.41. The van der Waals surface area contributed by atoms with E-state index in [-0.39, 0.29) is 18.8 Å². The minimum atomic E-state index is -0.395. The van der Waals surface area contributed by atoms with Crippen molar-refractivity contribution in [2.24, 2.45) is 0 Å². The van der Waals surface area contributed by atoms with Crippen molar-refractivity contribution in [3.63, 3.8) is 0 Å². The van der Waals surface area contributed by atoms with Crippen molar-refractivity contribution in [2.75, 3.05) is 13.2 Å². The second-order valence-corrected chi connectivity index (χ2v) is 4.95. The van der Waals surface area contributed by atoms with Crippen molar-refractivity contribution >= 4 is 33.4 Å². The van der Waals surface area contributed by atoms with Gasteiger partial charge < -0.3 is 10.4 Å². The van der Waals surface area contributed by atoms with Gasteiger partial charge in [0.15, 0.2) is 5.69 Å². The molecule has 0 radical (unpaired) electrons. The summed E-state index contributed by atoms with van der Waals surface area (Å²) in [6, 6.07) is 5.30. The van der Waals surface area contributed by atoms with Crippen LogP contribution >= 0.6 is 27.5 Å². The summed E-state index contributed by atoms with van der Waals surface area (Å²) in [6.07, 6.45) is 1.47. The number of amides is 1. The van der Waals surface area contributed by atoms with Crippen LogP contribution in [0.4, 0.5) is 0 Å². The van der Waals surface area contributed by atoms with E-state index in [9.17, 15) is 4.79 Å². The summed E-state index contributed by atoms with van der Waals surface area (Å²) in [7, 11) is 0. The molecule has 2 rings (SSSR count). The quantitative estimate of drug-likeness (QED) is 0.878. The van der Waals surface area contributed by atoms with Crippen LogP contribution < -0.4 is 5.32 Å². The highest BCUT2D eigenvalue weighted by molar-refractivity contribution is 9.10. The summed E-state index contributed by atoms with van der Waals surface area (Å²) < 4.78 is 2.27. The van der Waals surface area contributed by atoms with Gasteiger partial charge in [-0.25, -0.2) is 4.68 Å². The Balaban J connectivity index is 2.23. The first-order chi connectivity index (χ1) is 9.11. The SMILES string of the molecule is O=C(NCCO)c1cn(-c2ccc(Br)cc2Cl)nn1. The van der Waals surface area contributed by atoms with Gasteiger partial charge >= 0.3 is 0 Å². The molecule has 8 heteroatoms. The van der Waals surface area contributed by atoms with E-state index in [4.69, 9.17) is 16.7 Å². The summed E-state index contributed by atoms with van der Waals surface area (Å²) in [5.41, 5.74) is 0.783. The first-order valence-corrected chi connectivity index (χ1v) is 6.55. The Morgan fingerprint density at radius 2 is 2.32 bits per heavy atom. The van der Waals surface area contributed by atoms with Gasteiger partial charge in [0.05, 0.1) is 23.5 Å². The largest absolute Gasteiger partial charge is 0.395 e. The molecule has 1 amide bonds. The van der Waals surface area contributed by atoms with Gasteiger partial charge in [-0.2, -0.15) is 0 Å². The van der Waals surface area contributed by atoms with Crippen LogP contribution in [0.5, 0.6) is 0 Å². The van der Waals surface area contributed by atoms with Gasteiger partial charge in [0.2, 0.25) is 0 Å². The van der Waals surface area contributed by atoms with Crippen LogP contribution in [0, 0.1) is 0 Å². The molecule has 19 heavy (non-hydrogen) atoms. The Morgan fingerprint density at radius 1 is 1.53 bits per heavy atom. The van der Waals surface area contributed by atoms with Gasteiger partial charge in [0.1, 0.15) is 0 Å². The summed E-state index contributed by atoms with van der Waals surface area (Å²) in [6.45, 7) is 0.0448. The summed E-state index contributed by atoms with van der Waals surface area (Å²) >= 11 is 9.39. The van der Waals surface area contributed by atoms with Gasteiger partial charge in [0.25, 0.3) is 5.91 Å². The number of rotatable bonds is 4. The minimum Gasteiger partial charge on any atom is -0.395 e. The lowest BCUT2D eigenvalue weighted by Gasteiger charge is -2.03. The molecule has 0 saturated carbocycles. The highest BCUT2D eigenvalue weighted by Crippen LogP contribution is 2.23. The van der Waals surface area contributed by atoms with Crippen molar-refractivity contribution < 1.29 is 9.90 Å². The monoisotopic (exact) mass is 344 g/mol. The van der Waals surface area contributed by atoms with E-state index in [1.165, 1.54) is 10.9 Å². The first-order valence-electron chi connectivity index (χ1n) is 5.38. The number of aromatic nitrogens is 3. The van der Waals surface area contributed by atoms with Gasteiger partial charge in [-0.15, -0.1) is 5.10 Å². The topological polar surface area (TPSA) is 80.0 Å². The highest BCUT2D eigenvalue weighted by Gasteiger charge is 2.12. The minimum absolute atomic E-state index is 0.127. The molecular weight excluding hydrogens is 336 g/mol. The Kier molecular flexibility index (Phi) is 4.52. The molecule has 0 bridgehead atoms. The number of hydrogen-bond acceptors (Lipinski definition) is 4. The fraction of sp³-hybridized carbons (Fsp3) is 0.182. The van der Waals surface area contributed by atoms with Crippen molar-refractivity contribution in [1.82, 2.24) is 20.3 Å². The van der Waals surface area contributed by atoms with Gasteiger partial charge in [-0.1, -0.05) is 32.7 Å². The lowest BCUT2D eigenvalue weighted by Crippen LogP contribution is -2.26. The molecule has 0 atom stereocenters. The molecule has 2 N–H and O–H groups in total. The summed E-state index contributed by atoms with van der Waals surface area (Å²) in [5, 5.41) is 19.2. The molecule has 1 aromatic heterocycles. The van der Waals surface area contributed by atoms with Crippen molar-refractivity contribution in [2.45, 2.75) is 0 Å². The summed E-state index contributed by atoms with van der Waals surface area (Å²) in [4.78, 5) is 11.6. The summed E-state index contributed by atoms with van der Waals surface area (Å²) in [5.74, 6) is -0.395. The van der Waals surface area contributed by atoms with E-state index in [2.05, 4.69) is 31.6 Å². The van der Waals surface area contributed by atoms with Gasteiger partial charge in [0, 0.05) is 11.0 Å². The molecular formula is C11H10BrClN4O2. The van der Waals surface area contributed by atoms with Gasteiger partial charge in [-0.3, -0.25) is 4.79 Å². The average Bonchev–Trinajstić information content (AvgIpc) is 2.85. The van der Waals surface area contributed by atoms with Crippen LogP contribution in [0.15, 0.2) is 28.9 Å². The van der Waals surface area contributed by atoms with Crippen molar-refractivity contribution in [1.29, 1.82) is 0 Å². The van der Waals surface area contributed by atoms with E-state index in [1.807, 2.05) is 6.07 Å². The molecule has 100 valence electrons. The second kappa shape index (κ2) is 6.14. The number of benzene rings is 1. The normalized spacial score (nSPS) is 10.5. The third kappa shape index (κ3) is 3.31. The Bertz CT molecular complexity index is 602. The maximum absolute atomic E-state index is 11.6. The van der Waals surface area contributed by atoms with Crippen LogP contribution in [0.2, 0.25) is 5.02 Å². The molecule has 0 spiro atoms. The van der Waals surface area contributed by atoms with E-state index >= 15 is 0 Å².